The van der Waals surface area contributed by atoms with Gasteiger partial charge in [0.15, 0.2) is 0 Å². The third kappa shape index (κ3) is 1.90. The first-order valence-corrected chi connectivity index (χ1v) is 8.25. The first kappa shape index (κ1) is 14.8. The Bertz CT molecular complexity index is 976. The number of hydrogen-bond donors (Lipinski definition) is 1. The van der Waals surface area contributed by atoms with Crippen LogP contribution in [0.1, 0.15) is 18.7 Å². The molecule has 0 radical (unpaired) electrons. The van der Waals surface area contributed by atoms with Gasteiger partial charge in [0.2, 0.25) is 0 Å². The predicted molar refractivity (Wildman–Crippen MR) is 97.0 cm³/mol. The molecule has 116 valence electrons. The zero-order valence-electron chi connectivity index (χ0n) is 12.3. The molecule has 0 saturated carbocycles. The monoisotopic (exact) mass is 343 g/mol. The van der Waals surface area contributed by atoms with Crippen LogP contribution in [0.4, 0.5) is 0 Å². The summed E-state index contributed by atoms with van der Waals surface area (Å²) in [4.78, 5) is 18.6. The van der Waals surface area contributed by atoms with Crippen LogP contribution in [-0.2, 0) is 5.54 Å². The van der Waals surface area contributed by atoms with Gasteiger partial charge in [0.05, 0.1) is 15.8 Å². The summed E-state index contributed by atoms with van der Waals surface area (Å²) in [6.45, 7) is 0.550. The second-order valence-corrected chi connectivity index (χ2v) is 6.67. The van der Waals surface area contributed by atoms with E-state index in [0.29, 0.717) is 34.7 Å². The molecule has 1 aromatic carbocycles. The van der Waals surface area contributed by atoms with E-state index < -0.39 is 5.54 Å². The van der Waals surface area contributed by atoms with Crippen LogP contribution in [0.5, 0.6) is 0 Å². The van der Waals surface area contributed by atoms with Crippen LogP contribution in [0.3, 0.4) is 0 Å². The molecule has 2 bridgehead atoms. The molecule has 2 aromatic rings. The first-order chi connectivity index (χ1) is 11.1. The Morgan fingerprint density at radius 2 is 2.22 bits per heavy atom. The molecule has 6 heteroatoms. The number of aromatic nitrogens is 2. The fourth-order valence-corrected chi connectivity index (χ4v) is 4.02. The van der Waals surface area contributed by atoms with Crippen molar-refractivity contribution in [1.82, 2.24) is 9.55 Å². The number of thiocarbonyl (C=S) groups is 1. The number of allylic oxidation sites excluding steroid dienone is 4. The Morgan fingerprint density at radius 1 is 1.39 bits per heavy atom. The summed E-state index contributed by atoms with van der Waals surface area (Å²) >= 11 is 11.7. The van der Waals surface area contributed by atoms with Crippen LogP contribution >= 0.6 is 23.8 Å². The van der Waals surface area contributed by atoms with Crippen molar-refractivity contribution >= 4 is 45.2 Å². The van der Waals surface area contributed by atoms with Gasteiger partial charge < -0.3 is 5.73 Å². The highest BCUT2D eigenvalue weighted by Gasteiger charge is 2.46. The second kappa shape index (κ2) is 5.09. The minimum atomic E-state index is -0.630. The SMILES string of the molecule is NCCCC12C=CC=C(C1=S)c1nc3ccc(Cl)cc3c(=O)n12. The van der Waals surface area contributed by atoms with Gasteiger partial charge in [-0.1, -0.05) is 42.0 Å². The molecule has 2 heterocycles. The largest absolute Gasteiger partial charge is 0.330 e. The van der Waals surface area contributed by atoms with Crippen molar-refractivity contribution in [2.24, 2.45) is 5.73 Å². The average molecular weight is 344 g/mol. The smallest absolute Gasteiger partial charge is 0.262 e. The Labute approximate surface area is 143 Å². The van der Waals surface area contributed by atoms with Gasteiger partial charge in [0, 0.05) is 10.6 Å². The maximum absolute atomic E-state index is 13.1. The summed E-state index contributed by atoms with van der Waals surface area (Å²) in [5.41, 5.74) is 6.43. The molecule has 2 N–H and O–H groups in total. The van der Waals surface area contributed by atoms with Crippen LogP contribution < -0.4 is 11.3 Å². The number of nitrogens with zero attached hydrogens (tertiary/aromatic N) is 2. The molecule has 1 aromatic heterocycles. The van der Waals surface area contributed by atoms with Crippen molar-refractivity contribution < 1.29 is 0 Å². The quantitative estimate of drug-likeness (QED) is 0.870. The summed E-state index contributed by atoms with van der Waals surface area (Å²) in [7, 11) is 0. The molecule has 2 aliphatic rings. The molecule has 1 aliphatic carbocycles. The van der Waals surface area contributed by atoms with Crippen molar-refractivity contribution in [2.75, 3.05) is 6.54 Å². The minimum Gasteiger partial charge on any atom is -0.330 e. The maximum Gasteiger partial charge on any atom is 0.262 e. The Morgan fingerprint density at radius 3 is 3.00 bits per heavy atom. The molecular formula is C17H14ClN3OS. The van der Waals surface area contributed by atoms with Crippen molar-refractivity contribution in [3.63, 3.8) is 0 Å². The van der Waals surface area contributed by atoms with Crippen LogP contribution in [0.25, 0.3) is 16.5 Å². The zero-order valence-corrected chi connectivity index (χ0v) is 13.8. The lowest BCUT2D eigenvalue weighted by molar-refractivity contribution is 0.451. The Kier molecular flexibility index (Phi) is 3.27. The average Bonchev–Trinajstić information content (AvgIpc) is 2.68. The van der Waals surface area contributed by atoms with Crippen LogP contribution in [0.2, 0.25) is 5.02 Å². The normalized spacial score (nSPS) is 21.7. The van der Waals surface area contributed by atoms with Gasteiger partial charge in [-0.25, -0.2) is 4.98 Å². The molecule has 0 fully saturated rings. The number of hydrogen-bond acceptors (Lipinski definition) is 4. The molecule has 0 saturated heterocycles. The van der Waals surface area contributed by atoms with E-state index in [-0.39, 0.29) is 5.56 Å². The summed E-state index contributed by atoms with van der Waals surface area (Å²) in [6, 6.07) is 5.18. The summed E-state index contributed by atoms with van der Waals surface area (Å²) in [5.74, 6) is 0.636. The third-order valence-electron chi connectivity index (χ3n) is 4.50. The van der Waals surface area contributed by atoms with Gasteiger partial charge in [0.25, 0.3) is 5.56 Å². The maximum atomic E-state index is 13.1. The highest BCUT2D eigenvalue weighted by atomic mass is 35.5. The van der Waals surface area contributed by atoms with Crippen molar-refractivity contribution in [3.8, 4) is 0 Å². The van der Waals surface area contributed by atoms with E-state index in [0.717, 1.165) is 16.9 Å². The number of fused-ring (bicyclic) bond motifs is 6. The lowest BCUT2D eigenvalue weighted by Crippen LogP contribution is -2.42. The number of halogens is 1. The molecule has 4 nitrogen and oxygen atoms in total. The number of rotatable bonds is 3. The van der Waals surface area contributed by atoms with Crippen LogP contribution in [0.15, 0.2) is 41.2 Å². The van der Waals surface area contributed by atoms with Crippen molar-refractivity contribution in [2.45, 2.75) is 18.4 Å². The third-order valence-corrected chi connectivity index (χ3v) is 5.31. The molecule has 4 rings (SSSR count). The van der Waals surface area contributed by atoms with E-state index in [2.05, 4.69) is 4.98 Å². The van der Waals surface area contributed by atoms with Gasteiger partial charge in [-0.3, -0.25) is 9.36 Å². The van der Waals surface area contributed by atoms with E-state index in [4.69, 9.17) is 29.6 Å². The van der Waals surface area contributed by atoms with Crippen LogP contribution in [0, 0.1) is 0 Å². The van der Waals surface area contributed by atoms with Crippen LogP contribution in [-0.4, -0.2) is 21.0 Å². The van der Waals surface area contributed by atoms with Gasteiger partial charge in [-0.15, -0.1) is 0 Å². The lowest BCUT2D eigenvalue weighted by atomic mass is 9.85. The molecule has 0 spiro atoms. The predicted octanol–water partition coefficient (Wildman–Crippen LogP) is 2.82. The highest BCUT2D eigenvalue weighted by Crippen LogP contribution is 2.43. The molecule has 0 amide bonds. The lowest BCUT2D eigenvalue weighted by Gasteiger charge is -2.29. The number of nitrogens with two attached hydrogens (primary N) is 1. The number of benzene rings is 1. The fraction of sp³-hybridized carbons (Fsp3) is 0.235. The fourth-order valence-electron chi connectivity index (χ4n) is 3.43. The topological polar surface area (TPSA) is 60.9 Å². The van der Waals surface area contributed by atoms with Crippen molar-refractivity contribution in [3.05, 3.63) is 57.6 Å². The van der Waals surface area contributed by atoms with E-state index in [1.807, 2.05) is 18.2 Å². The Balaban J connectivity index is 2.09. The van der Waals surface area contributed by atoms with Gasteiger partial charge in [-0.05, 0) is 37.6 Å². The van der Waals surface area contributed by atoms with Gasteiger partial charge >= 0.3 is 0 Å². The molecule has 23 heavy (non-hydrogen) atoms. The first-order valence-electron chi connectivity index (χ1n) is 7.46. The van der Waals surface area contributed by atoms with Gasteiger partial charge in [0.1, 0.15) is 11.4 Å². The standard InChI is InChI=1S/C17H14ClN3OS/c18-10-4-5-13-12(9-10)16(22)21-15(20-13)11-3-1-6-17(21,14(11)23)7-2-8-19/h1,3-6,9H,2,7-8,19H2. The molecule has 1 aliphatic heterocycles. The van der Waals surface area contributed by atoms with Crippen molar-refractivity contribution in [1.29, 1.82) is 0 Å². The minimum absolute atomic E-state index is 0.109. The second-order valence-electron chi connectivity index (χ2n) is 5.82. The summed E-state index contributed by atoms with van der Waals surface area (Å²) < 4.78 is 1.72. The summed E-state index contributed by atoms with van der Waals surface area (Å²) in [5, 5.41) is 1.03. The molecular weight excluding hydrogens is 330 g/mol. The van der Waals surface area contributed by atoms with E-state index in [1.165, 1.54) is 0 Å². The van der Waals surface area contributed by atoms with E-state index >= 15 is 0 Å². The van der Waals surface area contributed by atoms with E-state index in [1.54, 1.807) is 22.8 Å². The molecule has 1 atom stereocenters. The zero-order chi connectivity index (χ0) is 16.2. The van der Waals surface area contributed by atoms with E-state index in [9.17, 15) is 4.79 Å². The Hall–Kier alpha value is -1.82. The van der Waals surface area contributed by atoms with Gasteiger partial charge in [-0.2, -0.15) is 0 Å². The highest BCUT2D eigenvalue weighted by molar-refractivity contribution is 7.81. The summed E-state index contributed by atoms with van der Waals surface area (Å²) in [6.07, 6.45) is 7.34. The molecule has 1 unspecified atom stereocenters.